The Hall–Kier alpha value is -0.940. The molecule has 1 fully saturated rings. The molecule has 0 amide bonds. The van der Waals surface area contributed by atoms with Crippen LogP contribution in [-0.4, -0.2) is 48.9 Å². The Kier molecular flexibility index (Phi) is 4.69. The molecule has 1 aromatic heterocycles. The first-order valence-corrected chi connectivity index (χ1v) is 8.72. The van der Waals surface area contributed by atoms with Gasteiger partial charge in [0.05, 0.1) is 6.61 Å². The Bertz CT molecular complexity index is 664. The minimum atomic E-state index is -4.20. The van der Waals surface area contributed by atoms with E-state index in [1.54, 1.807) is 0 Å². The van der Waals surface area contributed by atoms with Crippen LogP contribution in [0.1, 0.15) is 13.2 Å². The molecule has 9 nitrogen and oxygen atoms in total. The first kappa shape index (κ1) is 17.4. The molecular formula is C10H15FN3O6PS. The van der Waals surface area contributed by atoms with Crippen LogP contribution in [0, 0.1) is 0 Å². The quantitative estimate of drug-likeness (QED) is 0.503. The normalized spacial score (nSPS) is 32.3. The lowest BCUT2D eigenvalue weighted by molar-refractivity contribution is -0.0610. The van der Waals surface area contributed by atoms with Gasteiger partial charge in [-0.15, -0.1) is 0 Å². The second-order valence-electron chi connectivity index (χ2n) is 4.92. The average molecular weight is 355 g/mol. The van der Waals surface area contributed by atoms with Gasteiger partial charge in [0.2, 0.25) is 0 Å². The highest BCUT2D eigenvalue weighted by Crippen LogP contribution is 2.49. The maximum absolute atomic E-state index is 15.0. The van der Waals surface area contributed by atoms with Gasteiger partial charge in [-0.3, -0.25) is 9.09 Å². The van der Waals surface area contributed by atoms with Gasteiger partial charge in [-0.2, -0.15) is 4.98 Å². The maximum Gasteiger partial charge on any atom is 0.351 e. The van der Waals surface area contributed by atoms with E-state index in [0.29, 0.717) is 0 Å². The number of halogens is 1. The second kappa shape index (κ2) is 5.93. The van der Waals surface area contributed by atoms with E-state index in [2.05, 4.69) is 16.8 Å². The lowest BCUT2D eigenvalue weighted by Gasteiger charge is -2.28. The molecule has 0 bridgehead atoms. The number of anilines is 1. The molecular weight excluding hydrogens is 340 g/mol. The molecule has 0 unspecified atom stereocenters. The van der Waals surface area contributed by atoms with E-state index in [9.17, 15) is 19.7 Å². The highest BCUT2D eigenvalue weighted by atomic mass is 32.5. The van der Waals surface area contributed by atoms with Crippen molar-refractivity contribution in [2.45, 2.75) is 31.0 Å². The van der Waals surface area contributed by atoms with Crippen molar-refractivity contribution < 1.29 is 28.5 Å². The van der Waals surface area contributed by atoms with Crippen LogP contribution in [0.3, 0.4) is 0 Å². The van der Waals surface area contributed by atoms with Crippen LogP contribution in [0.25, 0.3) is 0 Å². The zero-order chi connectivity index (χ0) is 16.7. The molecule has 0 aromatic carbocycles. The Morgan fingerprint density at radius 1 is 1.68 bits per heavy atom. The monoisotopic (exact) mass is 355 g/mol. The predicted molar refractivity (Wildman–Crippen MR) is 77.0 cm³/mol. The molecule has 0 aliphatic carbocycles. The number of rotatable bonds is 4. The standard InChI is InChI=1S/C10H15FN3O6PS/c1-10(11)7(20-21(17,18)22)5(4-15)19-8(10)14-3-2-6(12)13-9(14)16/h2-3,5,7-8,15H,4H2,1H3,(H2,12,13,16)(H2,17,18,22)/t5-,7-,8-,10-/m1/s1. The van der Waals surface area contributed by atoms with Gasteiger partial charge in [-0.1, -0.05) is 0 Å². The van der Waals surface area contributed by atoms with Gasteiger partial charge < -0.3 is 25.4 Å². The molecule has 0 spiro atoms. The summed E-state index contributed by atoms with van der Waals surface area (Å²) in [6.07, 6.45) is -3.14. The number of aliphatic hydroxyl groups excluding tert-OH is 1. The fourth-order valence-electron chi connectivity index (χ4n) is 2.27. The Balaban J connectivity index is 2.42. The molecule has 124 valence electrons. The third-order valence-corrected chi connectivity index (χ3v) is 3.98. The van der Waals surface area contributed by atoms with E-state index < -0.39 is 43.1 Å². The highest BCUT2D eigenvalue weighted by Gasteiger charge is 2.57. The summed E-state index contributed by atoms with van der Waals surface area (Å²) in [5, 5.41) is 9.26. The van der Waals surface area contributed by atoms with E-state index >= 15 is 4.39 Å². The Morgan fingerprint density at radius 2 is 2.32 bits per heavy atom. The van der Waals surface area contributed by atoms with Crippen LogP contribution in [0.4, 0.5) is 10.2 Å². The minimum absolute atomic E-state index is 0.0486. The van der Waals surface area contributed by atoms with Crippen molar-refractivity contribution in [3.63, 3.8) is 0 Å². The number of alkyl halides is 1. The highest BCUT2D eigenvalue weighted by molar-refractivity contribution is 8.06. The maximum atomic E-state index is 15.0. The van der Waals surface area contributed by atoms with Gasteiger partial charge in [0.1, 0.15) is 18.0 Å². The summed E-state index contributed by atoms with van der Waals surface area (Å²) in [5.41, 5.74) is 2.11. The summed E-state index contributed by atoms with van der Waals surface area (Å²) in [7, 11) is 0. The van der Waals surface area contributed by atoms with Gasteiger partial charge in [-0.05, 0) is 24.8 Å². The summed E-state index contributed by atoms with van der Waals surface area (Å²) < 4.78 is 25.9. The molecule has 0 saturated carbocycles. The average Bonchev–Trinajstić information content (AvgIpc) is 2.60. The number of nitrogen functional groups attached to an aromatic ring is 1. The molecule has 1 aliphatic heterocycles. The van der Waals surface area contributed by atoms with Crippen LogP contribution < -0.4 is 11.4 Å². The Morgan fingerprint density at radius 3 is 2.82 bits per heavy atom. The molecule has 1 aromatic rings. The van der Waals surface area contributed by atoms with Gasteiger partial charge >= 0.3 is 12.4 Å². The molecule has 22 heavy (non-hydrogen) atoms. The largest absolute Gasteiger partial charge is 0.394 e. The molecule has 1 aliphatic rings. The van der Waals surface area contributed by atoms with Crippen molar-refractivity contribution in [3.8, 4) is 0 Å². The van der Waals surface area contributed by atoms with Crippen LogP contribution in [0.2, 0.25) is 0 Å². The number of hydrogen-bond donors (Lipinski definition) is 4. The van der Waals surface area contributed by atoms with Crippen LogP contribution in [0.15, 0.2) is 17.1 Å². The summed E-state index contributed by atoms with van der Waals surface area (Å²) in [6, 6.07) is 1.27. The van der Waals surface area contributed by atoms with Crippen molar-refractivity contribution in [1.82, 2.24) is 9.55 Å². The summed E-state index contributed by atoms with van der Waals surface area (Å²) in [4.78, 5) is 33.7. The third-order valence-electron chi connectivity index (χ3n) is 3.22. The first-order valence-electron chi connectivity index (χ1n) is 6.10. The number of hydrogen-bond acceptors (Lipinski definition) is 7. The zero-order valence-electron chi connectivity index (χ0n) is 11.4. The third kappa shape index (κ3) is 3.35. The van der Waals surface area contributed by atoms with Crippen LogP contribution in [-0.2, 0) is 21.1 Å². The fraction of sp³-hybridized carbons (Fsp3) is 0.600. The van der Waals surface area contributed by atoms with Gasteiger partial charge in [0.25, 0.3) is 0 Å². The van der Waals surface area contributed by atoms with Gasteiger partial charge in [0.15, 0.2) is 11.9 Å². The predicted octanol–water partition coefficient (Wildman–Crippen LogP) is -0.962. The summed E-state index contributed by atoms with van der Waals surface area (Å²) >= 11 is 4.32. The van der Waals surface area contributed by atoms with Crippen molar-refractivity contribution in [1.29, 1.82) is 0 Å². The van der Waals surface area contributed by atoms with Gasteiger partial charge in [-0.25, -0.2) is 9.18 Å². The van der Waals surface area contributed by atoms with Crippen LogP contribution >= 0.6 is 6.72 Å². The fourth-order valence-corrected chi connectivity index (χ4v) is 3.19. The molecule has 12 heteroatoms. The molecule has 5 N–H and O–H groups in total. The number of nitrogens with zero attached hydrogens (tertiary/aromatic N) is 2. The van der Waals surface area contributed by atoms with E-state index in [4.69, 9.17) is 15.0 Å². The van der Waals surface area contributed by atoms with E-state index in [-0.39, 0.29) is 5.82 Å². The summed E-state index contributed by atoms with van der Waals surface area (Å²) in [6.45, 7) is -3.84. The van der Waals surface area contributed by atoms with Gasteiger partial charge in [0, 0.05) is 6.20 Å². The molecule has 0 radical (unpaired) electrons. The van der Waals surface area contributed by atoms with E-state index in [1.165, 1.54) is 12.3 Å². The molecule has 1 saturated heterocycles. The smallest absolute Gasteiger partial charge is 0.351 e. The molecule has 2 heterocycles. The van der Waals surface area contributed by atoms with E-state index in [1.807, 2.05) is 0 Å². The number of nitrogens with two attached hydrogens (primary N) is 1. The lowest BCUT2D eigenvalue weighted by Crippen LogP contribution is -2.44. The van der Waals surface area contributed by atoms with Crippen molar-refractivity contribution in [2.24, 2.45) is 0 Å². The minimum Gasteiger partial charge on any atom is -0.394 e. The topological polar surface area (TPSA) is 140 Å². The number of ether oxygens (including phenoxy) is 1. The summed E-state index contributed by atoms with van der Waals surface area (Å²) in [5.74, 6) is -0.0486. The van der Waals surface area contributed by atoms with Crippen molar-refractivity contribution >= 4 is 24.3 Å². The first-order chi connectivity index (χ1) is 10.1. The van der Waals surface area contributed by atoms with Crippen molar-refractivity contribution in [3.05, 3.63) is 22.7 Å². The lowest BCUT2D eigenvalue weighted by atomic mass is 9.98. The molecule has 4 atom stereocenters. The zero-order valence-corrected chi connectivity index (χ0v) is 13.1. The Labute approximate surface area is 129 Å². The number of aliphatic hydroxyl groups is 1. The van der Waals surface area contributed by atoms with E-state index in [0.717, 1.165) is 11.5 Å². The van der Waals surface area contributed by atoms with Crippen LogP contribution in [0.5, 0.6) is 0 Å². The molecule has 2 rings (SSSR count). The number of aromatic nitrogens is 2. The second-order valence-corrected chi connectivity index (χ2v) is 7.54. The van der Waals surface area contributed by atoms with Crippen molar-refractivity contribution in [2.75, 3.05) is 12.3 Å². The SMILES string of the molecule is C[C@@]1(F)[C@H](OP(O)(O)=S)[C@@H](CO)O[C@H]1n1ccc(N)nc1=O.